The molecule has 2 heterocycles. The van der Waals surface area contributed by atoms with Gasteiger partial charge in [0.1, 0.15) is 0 Å². The van der Waals surface area contributed by atoms with E-state index in [1.165, 1.54) is 12.8 Å². The highest BCUT2D eigenvalue weighted by molar-refractivity contribution is 7.13. The summed E-state index contributed by atoms with van der Waals surface area (Å²) in [5.41, 5.74) is 6.87. The Bertz CT molecular complexity index is 351. The van der Waals surface area contributed by atoms with E-state index in [9.17, 15) is 0 Å². The van der Waals surface area contributed by atoms with Gasteiger partial charge in [-0.05, 0) is 12.3 Å². The fraction of sp³-hybridized carbons (Fsp3) is 0.727. The molecule has 1 aliphatic heterocycles. The van der Waals surface area contributed by atoms with Gasteiger partial charge >= 0.3 is 0 Å². The number of thiazole rings is 1. The molecule has 4 nitrogen and oxygen atoms in total. The molecule has 0 amide bonds. The number of nitrogens with zero attached hydrogens (tertiary/aromatic N) is 2. The van der Waals surface area contributed by atoms with E-state index in [1.807, 2.05) is 5.38 Å². The fourth-order valence-electron chi connectivity index (χ4n) is 2.24. The second kappa shape index (κ2) is 8.17. The van der Waals surface area contributed by atoms with E-state index in [0.717, 1.165) is 23.9 Å². The van der Waals surface area contributed by atoms with Crippen LogP contribution in [0.5, 0.6) is 0 Å². The van der Waals surface area contributed by atoms with Crippen molar-refractivity contribution >= 4 is 41.3 Å². The lowest BCUT2D eigenvalue weighted by atomic mass is 9.99. The SMILES string of the molecule is CCC[C@H]1CN(c2nc(CO)cs2)C[C@@H]1N.Cl.Cl. The Morgan fingerprint density at radius 3 is 2.78 bits per heavy atom. The molecule has 0 aromatic carbocycles. The first-order valence-corrected chi connectivity index (χ1v) is 6.68. The summed E-state index contributed by atoms with van der Waals surface area (Å²) in [6.45, 7) is 4.12. The van der Waals surface area contributed by atoms with Crippen molar-refractivity contribution in [3.63, 3.8) is 0 Å². The van der Waals surface area contributed by atoms with Gasteiger partial charge in [-0.25, -0.2) is 4.98 Å². The number of anilines is 1. The fourth-order valence-corrected chi connectivity index (χ4v) is 3.08. The second-order valence-electron chi connectivity index (χ2n) is 4.40. The lowest BCUT2D eigenvalue weighted by molar-refractivity contribution is 0.277. The summed E-state index contributed by atoms with van der Waals surface area (Å²) < 4.78 is 0. The molecule has 0 saturated carbocycles. The highest BCUT2D eigenvalue weighted by Gasteiger charge is 2.30. The van der Waals surface area contributed by atoms with Gasteiger partial charge in [0.05, 0.1) is 12.3 Å². The van der Waals surface area contributed by atoms with Crippen LogP contribution < -0.4 is 10.6 Å². The molecule has 0 aliphatic carbocycles. The second-order valence-corrected chi connectivity index (χ2v) is 5.23. The Labute approximate surface area is 124 Å². The van der Waals surface area contributed by atoms with Crippen molar-refractivity contribution in [1.29, 1.82) is 0 Å². The van der Waals surface area contributed by atoms with Crippen LogP contribution in [-0.4, -0.2) is 29.2 Å². The number of hydrogen-bond acceptors (Lipinski definition) is 5. The predicted molar refractivity (Wildman–Crippen MR) is 81.1 cm³/mol. The third-order valence-corrected chi connectivity index (χ3v) is 4.07. The molecule has 7 heteroatoms. The molecule has 0 radical (unpaired) electrons. The van der Waals surface area contributed by atoms with Gasteiger partial charge in [-0.2, -0.15) is 0 Å². The smallest absolute Gasteiger partial charge is 0.185 e. The number of aromatic nitrogens is 1. The minimum Gasteiger partial charge on any atom is -0.390 e. The summed E-state index contributed by atoms with van der Waals surface area (Å²) in [4.78, 5) is 6.62. The number of hydrogen-bond donors (Lipinski definition) is 2. The lowest BCUT2D eigenvalue weighted by Gasteiger charge is -2.14. The maximum Gasteiger partial charge on any atom is 0.185 e. The Kier molecular flexibility index (Phi) is 8.14. The van der Waals surface area contributed by atoms with Crippen molar-refractivity contribution in [2.75, 3.05) is 18.0 Å². The van der Waals surface area contributed by atoms with Crippen LogP contribution in [0.15, 0.2) is 5.38 Å². The van der Waals surface area contributed by atoms with Crippen LogP contribution in [0, 0.1) is 5.92 Å². The predicted octanol–water partition coefficient (Wildman–Crippen LogP) is 2.04. The quantitative estimate of drug-likeness (QED) is 0.893. The first-order valence-electron chi connectivity index (χ1n) is 5.80. The highest BCUT2D eigenvalue weighted by Crippen LogP contribution is 2.28. The van der Waals surface area contributed by atoms with E-state index in [2.05, 4.69) is 16.8 Å². The molecule has 0 unspecified atom stereocenters. The summed E-state index contributed by atoms with van der Waals surface area (Å²) in [5.74, 6) is 0.589. The maximum absolute atomic E-state index is 8.98. The summed E-state index contributed by atoms with van der Waals surface area (Å²) in [6, 6.07) is 0.265. The molecule has 1 fully saturated rings. The molecule has 1 aromatic rings. The van der Waals surface area contributed by atoms with Gasteiger partial charge < -0.3 is 15.7 Å². The van der Waals surface area contributed by atoms with E-state index in [0.29, 0.717) is 5.92 Å². The van der Waals surface area contributed by atoms with Crippen LogP contribution in [0.4, 0.5) is 5.13 Å². The Morgan fingerprint density at radius 2 is 2.22 bits per heavy atom. The van der Waals surface area contributed by atoms with E-state index in [-0.39, 0.29) is 37.5 Å². The molecule has 1 saturated heterocycles. The van der Waals surface area contributed by atoms with E-state index >= 15 is 0 Å². The zero-order valence-corrected chi connectivity index (χ0v) is 12.9. The molecule has 3 N–H and O–H groups in total. The number of nitrogens with two attached hydrogens (primary N) is 1. The molecule has 106 valence electrons. The van der Waals surface area contributed by atoms with Crippen molar-refractivity contribution in [3.8, 4) is 0 Å². The molecule has 2 rings (SSSR count). The topological polar surface area (TPSA) is 62.4 Å². The standard InChI is InChI=1S/C11H19N3OS.2ClH/c1-2-3-8-4-14(5-10(8)12)11-13-9(6-15)7-16-11;;/h7-8,10,15H,2-6,12H2,1H3;2*1H/t8-,10-;;/m0../s1. The molecule has 0 bridgehead atoms. The summed E-state index contributed by atoms with van der Waals surface area (Å²) in [5, 5.41) is 11.9. The Balaban J connectivity index is 0.00000144. The van der Waals surface area contributed by atoms with Gasteiger partial charge in [0.2, 0.25) is 0 Å². The average molecular weight is 314 g/mol. The van der Waals surface area contributed by atoms with Crippen molar-refractivity contribution in [1.82, 2.24) is 4.98 Å². The van der Waals surface area contributed by atoms with Crippen LogP contribution in [0.3, 0.4) is 0 Å². The third-order valence-electron chi connectivity index (χ3n) is 3.12. The minimum atomic E-state index is 0. The van der Waals surface area contributed by atoms with Crippen molar-refractivity contribution in [2.24, 2.45) is 11.7 Å². The number of rotatable bonds is 4. The Morgan fingerprint density at radius 1 is 1.50 bits per heavy atom. The largest absolute Gasteiger partial charge is 0.390 e. The van der Waals surface area contributed by atoms with E-state index in [1.54, 1.807) is 11.3 Å². The van der Waals surface area contributed by atoms with Gasteiger partial charge in [-0.1, -0.05) is 13.3 Å². The van der Waals surface area contributed by atoms with Gasteiger partial charge in [0.25, 0.3) is 0 Å². The van der Waals surface area contributed by atoms with Crippen LogP contribution >= 0.6 is 36.2 Å². The molecular formula is C11H21Cl2N3OS. The lowest BCUT2D eigenvalue weighted by Crippen LogP contribution is -2.29. The number of aliphatic hydroxyl groups excluding tert-OH is 1. The summed E-state index contributed by atoms with van der Waals surface area (Å²) in [6.07, 6.45) is 2.38. The van der Waals surface area contributed by atoms with Crippen molar-refractivity contribution in [2.45, 2.75) is 32.4 Å². The molecule has 1 aromatic heterocycles. The molecule has 1 aliphatic rings. The van der Waals surface area contributed by atoms with E-state index in [4.69, 9.17) is 10.8 Å². The summed E-state index contributed by atoms with van der Waals surface area (Å²) in [7, 11) is 0. The average Bonchev–Trinajstić information content (AvgIpc) is 2.86. The molecule has 18 heavy (non-hydrogen) atoms. The maximum atomic E-state index is 8.98. The minimum absolute atomic E-state index is 0. The van der Waals surface area contributed by atoms with Crippen molar-refractivity contribution < 1.29 is 5.11 Å². The third kappa shape index (κ3) is 3.96. The van der Waals surface area contributed by atoms with Crippen LogP contribution in [-0.2, 0) is 6.61 Å². The van der Waals surface area contributed by atoms with Crippen molar-refractivity contribution in [3.05, 3.63) is 11.1 Å². The van der Waals surface area contributed by atoms with Gasteiger partial charge in [-0.15, -0.1) is 36.2 Å². The van der Waals surface area contributed by atoms with Gasteiger partial charge in [0, 0.05) is 24.5 Å². The van der Waals surface area contributed by atoms with Crippen LogP contribution in [0.2, 0.25) is 0 Å². The van der Waals surface area contributed by atoms with Crippen LogP contribution in [0.1, 0.15) is 25.5 Å². The first-order chi connectivity index (χ1) is 7.74. The number of aliphatic hydroxyl groups is 1. The first kappa shape index (κ1) is 17.9. The number of halogens is 2. The van der Waals surface area contributed by atoms with E-state index < -0.39 is 0 Å². The van der Waals surface area contributed by atoms with Gasteiger partial charge in [0.15, 0.2) is 5.13 Å². The van der Waals surface area contributed by atoms with Gasteiger partial charge in [-0.3, -0.25) is 0 Å². The zero-order chi connectivity index (χ0) is 11.5. The monoisotopic (exact) mass is 313 g/mol. The van der Waals surface area contributed by atoms with Crippen LogP contribution in [0.25, 0.3) is 0 Å². The molecule has 2 atom stereocenters. The normalized spacial score (nSPS) is 22.5. The molecular weight excluding hydrogens is 293 g/mol. The molecule has 0 spiro atoms. The zero-order valence-electron chi connectivity index (χ0n) is 10.4. The summed E-state index contributed by atoms with van der Waals surface area (Å²) >= 11 is 1.59. The Hall–Kier alpha value is -0.0700. The highest BCUT2D eigenvalue weighted by atomic mass is 35.5.